The number of carbonyl (C=O) groups is 1. The molecule has 80 valence electrons. The van der Waals surface area contributed by atoms with Gasteiger partial charge in [-0.1, -0.05) is 15.9 Å². The normalized spacial score (nSPS) is 10.5. The van der Waals surface area contributed by atoms with E-state index in [1.165, 1.54) is 6.21 Å². The lowest BCUT2D eigenvalue weighted by molar-refractivity contribution is 0.249. The molecule has 0 atom stereocenters. The van der Waals surface area contributed by atoms with Crippen molar-refractivity contribution < 1.29 is 9.90 Å². The first-order valence-corrected chi connectivity index (χ1v) is 4.87. The number of amides is 2. The van der Waals surface area contributed by atoms with Gasteiger partial charge in [0, 0.05) is 10.0 Å². The van der Waals surface area contributed by atoms with E-state index in [2.05, 4.69) is 21.0 Å². The quantitative estimate of drug-likeness (QED) is 0.562. The molecule has 0 aliphatic rings. The average molecular weight is 272 g/mol. The van der Waals surface area contributed by atoms with Gasteiger partial charge in [-0.3, -0.25) is 0 Å². The van der Waals surface area contributed by atoms with E-state index in [1.807, 2.05) is 12.3 Å². The Hall–Kier alpha value is -1.56. The van der Waals surface area contributed by atoms with Crippen LogP contribution in [0.4, 0.5) is 4.79 Å². The maximum Gasteiger partial charge on any atom is 0.332 e. The minimum atomic E-state index is -0.753. The summed E-state index contributed by atoms with van der Waals surface area (Å²) >= 11 is 3.32. The zero-order valence-corrected chi connectivity index (χ0v) is 9.58. The van der Waals surface area contributed by atoms with E-state index in [9.17, 15) is 9.90 Å². The van der Waals surface area contributed by atoms with Crippen LogP contribution in [0, 0.1) is 6.92 Å². The summed E-state index contributed by atoms with van der Waals surface area (Å²) in [5, 5.41) is 13.1. The molecule has 0 fully saturated rings. The highest BCUT2D eigenvalue weighted by atomic mass is 79.9. The summed E-state index contributed by atoms with van der Waals surface area (Å²) in [5.41, 5.74) is 8.25. The summed E-state index contributed by atoms with van der Waals surface area (Å²) < 4.78 is 0.848. The number of aryl methyl sites for hydroxylation is 1. The Balaban J connectivity index is 2.90. The molecule has 2 amide bonds. The molecule has 0 aliphatic carbocycles. The van der Waals surface area contributed by atoms with Gasteiger partial charge in [-0.05, 0) is 24.6 Å². The number of nitrogens with two attached hydrogens (primary N) is 1. The first-order chi connectivity index (χ1) is 7.00. The van der Waals surface area contributed by atoms with Crippen molar-refractivity contribution in [2.24, 2.45) is 10.8 Å². The number of carbonyl (C=O) groups excluding carboxylic acids is 1. The number of primary amides is 1. The van der Waals surface area contributed by atoms with Gasteiger partial charge in [-0.2, -0.15) is 5.10 Å². The van der Waals surface area contributed by atoms with E-state index in [0.29, 0.717) is 5.56 Å². The highest BCUT2D eigenvalue weighted by Gasteiger charge is 2.02. The maximum atomic E-state index is 10.3. The fourth-order valence-corrected chi connectivity index (χ4v) is 1.31. The molecule has 0 saturated heterocycles. The van der Waals surface area contributed by atoms with Crippen molar-refractivity contribution in [3.8, 4) is 5.75 Å². The van der Waals surface area contributed by atoms with Crippen LogP contribution in [0.2, 0.25) is 0 Å². The number of hydrazone groups is 1. The number of rotatable bonds is 2. The number of halogens is 1. The molecule has 0 aromatic heterocycles. The van der Waals surface area contributed by atoms with Crippen molar-refractivity contribution >= 4 is 28.2 Å². The fourth-order valence-electron chi connectivity index (χ4n) is 0.950. The van der Waals surface area contributed by atoms with Gasteiger partial charge < -0.3 is 10.8 Å². The Morgan fingerprint density at radius 3 is 2.93 bits per heavy atom. The van der Waals surface area contributed by atoms with Gasteiger partial charge in [-0.25, -0.2) is 10.2 Å². The van der Waals surface area contributed by atoms with Crippen molar-refractivity contribution in [2.75, 3.05) is 0 Å². The molecular formula is C9H10BrN3O2. The van der Waals surface area contributed by atoms with Gasteiger partial charge in [0.25, 0.3) is 0 Å². The number of phenols is 1. The Labute approximate surface area is 95.1 Å². The molecule has 0 unspecified atom stereocenters. The Morgan fingerprint density at radius 1 is 1.67 bits per heavy atom. The molecule has 4 N–H and O–H groups in total. The number of phenolic OH excluding ortho intramolecular Hbond substituents is 1. The number of nitrogens with one attached hydrogen (secondary N) is 1. The Kier molecular flexibility index (Phi) is 3.68. The van der Waals surface area contributed by atoms with Crippen molar-refractivity contribution in [2.45, 2.75) is 6.92 Å². The molecule has 0 aliphatic heterocycles. The molecule has 0 spiro atoms. The minimum Gasteiger partial charge on any atom is -0.507 e. The van der Waals surface area contributed by atoms with Crippen LogP contribution in [0.1, 0.15) is 11.1 Å². The predicted molar refractivity (Wildman–Crippen MR) is 60.9 cm³/mol. The summed E-state index contributed by atoms with van der Waals surface area (Å²) in [6.07, 6.45) is 1.31. The smallest absolute Gasteiger partial charge is 0.332 e. The van der Waals surface area contributed by atoms with Crippen molar-refractivity contribution in [1.29, 1.82) is 0 Å². The lowest BCUT2D eigenvalue weighted by Gasteiger charge is -2.02. The van der Waals surface area contributed by atoms with Gasteiger partial charge in [0.05, 0.1) is 6.21 Å². The number of benzene rings is 1. The largest absolute Gasteiger partial charge is 0.507 e. The third-order valence-corrected chi connectivity index (χ3v) is 2.54. The maximum absolute atomic E-state index is 10.3. The van der Waals surface area contributed by atoms with Gasteiger partial charge >= 0.3 is 6.03 Å². The summed E-state index contributed by atoms with van der Waals surface area (Å²) in [6, 6.07) is 2.53. The van der Waals surface area contributed by atoms with Gasteiger partial charge in [0.2, 0.25) is 0 Å². The number of urea groups is 1. The summed E-state index contributed by atoms with van der Waals surface area (Å²) in [7, 11) is 0. The van der Waals surface area contributed by atoms with Crippen LogP contribution in [0.15, 0.2) is 21.7 Å². The molecule has 0 heterocycles. The molecule has 1 rings (SSSR count). The first kappa shape index (κ1) is 11.5. The molecule has 0 bridgehead atoms. The number of hydrogen-bond donors (Lipinski definition) is 3. The minimum absolute atomic E-state index is 0.0886. The zero-order valence-electron chi connectivity index (χ0n) is 7.99. The summed E-state index contributed by atoms with van der Waals surface area (Å²) in [6.45, 7) is 1.85. The van der Waals surface area contributed by atoms with Crippen LogP contribution in [0.5, 0.6) is 5.75 Å². The van der Waals surface area contributed by atoms with Crippen LogP contribution in [0.3, 0.4) is 0 Å². The highest BCUT2D eigenvalue weighted by Crippen LogP contribution is 2.24. The standard InChI is InChI=1S/C9H10BrN3O2/c1-5-2-8(14)6(3-7(5)10)4-12-13-9(11)15/h2-4,14H,1H3,(H3,11,13,15). The number of aromatic hydroxyl groups is 1. The van der Waals surface area contributed by atoms with Gasteiger partial charge in [0.15, 0.2) is 0 Å². The van der Waals surface area contributed by atoms with E-state index in [-0.39, 0.29) is 5.75 Å². The van der Waals surface area contributed by atoms with E-state index in [0.717, 1.165) is 10.0 Å². The average Bonchev–Trinajstić information content (AvgIpc) is 2.13. The van der Waals surface area contributed by atoms with Crippen molar-refractivity contribution in [1.82, 2.24) is 5.43 Å². The lowest BCUT2D eigenvalue weighted by Crippen LogP contribution is -2.24. The Bertz CT molecular complexity index is 418. The van der Waals surface area contributed by atoms with E-state index in [4.69, 9.17) is 5.73 Å². The zero-order chi connectivity index (χ0) is 11.4. The van der Waals surface area contributed by atoms with E-state index in [1.54, 1.807) is 12.1 Å². The van der Waals surface area contributed by atoms with E-state index < -0.39 is 6.03 Å². The van der Waals surface area contributed by atoms with Crippen LogP contribution in [-0.4, -0.2) is 17.4 Å². The van der Waals surface area contributed by atoms with Crippen LogP contribution in [-0.2, 0) is 0 Å². The van der Waals surface area contributed by atoms with Crippen LogP contribution >= 0.6 is 15.9 Å². The topological polar surface area (TPSA) is 87.7 Å². The van der Waals surface area contributed by atoms with E-state index >= 15 is 0 Å². The first-order valence-electron chi connectivity index (χ1n) is 4.08. The van der Waals surface area contributed by atoms with Gasteiger partial charge in [0.1, 0.15) is 5.75 Å². The molecule has 0 radical (unpaired) electrons. The van der Waals surface area contributed by atoms with Crippen LogP contribution in [0.25, 0.3) is 0 Å². The molecule has 0 saturated carbocycles. The predicted octanol–water partition coefficient (Wildman–Crippen LogP) is 1.47. The van der Waals surface area contributed by atoms with Crippen molar-refractivity contribution in [3.63, 3.8) is 0 Å². The molecule has 6 heteroatoms. The summed E-state index contributed by atoms with van der Waals surface area (Å²) in [4.78, 5) is 10.3. The lowest BCUT2D eigenvalue weighted by atomic mass is 10.1. The second kappa shape index (κ2) is 4.79. The second-order valence-corrected chi connectivity index (χ2v) is 3.75. The molecular weight excluding hydrogens is 262 g/mol. The highest BCUT2D eigenvalue weighted by molar-refractivity contribution is 9.10. The SMILES string of the molecule is Cc1cc(O)c(C=NNC(N)=O)cc1Br. The van der Waals surface area contributed by atoms with Gasteiger partial charge in [-0.15, -0.1) is 0 Å². The number of hydrogen-bond acceptors (Lipinski definition) is 3. The monoisotopic (exact) mass is 271 g/mol. The fraction of sp³-hybridized carbons (Fsp3) is 0.111. The molecule has 15 heavy (non-hydrogen) atoms. The van der Waals surface area contributed by atoms with Crippen molar-refractivity contribution in [3.05, 3.63) is 27.7 Å². The second-order valence-electron chi connectivity index (χ2n) is 2.89. The third-order valence-electron chi connectivity index (χ3n) is 1.69. The number of nitrogens with zero attached hydrogens (tertiary/aromatic N) is 1. The summed E-state index contributed by atoms with van der Waals surface area (Å²) in [5.74, 6) is 0.0886. The molecule has 1 aromatic carbocycles. The third kappa shape index (κ3) is 3.25. The molecule has 5 nitrogen and oxygen atoms in total. The Morgan fingerprint density at radius 2 is 2.33 bits per heavy atom. The van der Waals surface area contributed by atoms with Crippen LogP contribution < -0.4 is 11.2 Å². The molecule has 1 aromatic rings.